The zero-order valence-electron chi connectivity index (χ0n) is 11.4. The molecule has 0 fully saturated rings. The van der Waals surface area contributed by atoms with Crippen LogP contribution in [0.25, 0.3) is 22.4 Å². The number of nitrogens with one attached hydrogen (secondary N) is 1. The number of benzene rings is 1. The first-order valence-electron chi connectivity index (χ1n) is 6.51. The van der Waals surface area contributed by atoms with Gasteiger partial charge in [-0.05, 0) is 12.1 Å². The van der Waals surface area contributed by atoms with Gasteiger partial charge in [-0.15, -0.1) is 11.3 Å². The predicted octanol–water partition coefficient (Wildman–Crippen LogP) is 2.50. The summed E-state index contributed by atoms with van der Waals surface area (Å²) in [6, 6.07) is 7.49. The number of thiazole rings is 2. The lowest BCUT2D eigenvalue weighted by atomic mass is 10.2. The molecule has 114 valence electrons. The van der Waals surface area contributed by atoms with Crippen molar-refractivity contribution in [2.24, 2.45) is 0 Å². The summed E-state index contributed by atoms with van der Waals surface area (Å²) in [5.74, 6) is 0. The molecular formula is C14H8ClN5OS2. The Kier molecular flexibility index (Phi) is 3.56. The molecule has 4 aromatic rings. The molecule has 0 aliphatic rings. The van der Waals surface area contributed by atoms with E-state index in [1.807, 2.05) is 29.6 Å². The van der Waals surface area contributed by atoms with Crippen molar-refractivity contribution in [1.29, 1.82) is 0 Å². The summed E-state index contributed by atoms with van der Waals surface area (Å²) in [7, 11) is 0. The Morgan fingerprint density at radius 3 is 2.87 bits per heavy atom. The fraction of sp³-hybridized carbons (Fsp3) is 0. The fourth-order valence-electron chi connectivity index (χ4n) is 2.00. The van der Waals surface area contributed by atoms with Crippen LogP contribution in [-0.4, -0.2) is 19.6 Å². The van der Waals surface area contributed by atoms with Gasteiger partial charge in [0.15, 0.2) is 5.13 Å². The zero-order chi connectivity index (χ0) is 15.8. The van der Waals surface area contributed by atoms with E-state index in [0.717, 1.165) is 11.3 Å². The second-order valence-corrected chi connectivity index (χ2v) is 6.86. The van der Waals surface area contributed by atoms with Crippen molar-refractivity contribution in [2.45, 2.75) is 0 Å². The Bertz CT molecular complexity index is 1080. The quantitative estimate of drug-likeness (QED) is 0.607. The molecule has 0 amide bonds. The van der Waals surface area contributed by atoms with Crippen molar-refractivity contribution in [3.05, 3.63) is 55.9 Å². The summed E-state index contributed by atoms with van der Waals surface area (Å²) in [5.41, 5.74) is 1.65. The van der Waals surface area contributed by atoms with Crippen molar-refractivity contribution in [3.8, 4) is 11.3 Å². The minimum atomic E-state index is -0.190. The molecule has 0 aliphatic heterocycles. The zero-order valence-corrected chi connectivity index (χ0v) is 13.8. The van der Waals surface area contributed by atoms with Gasteiger partial charge in [0.2, 0.25) is 4.96 Å². The lowest BCUT2D eigenvalue weighted by Crippen LogP contribution is -2.24. The van der Waals surface area contributed by atoms with Crippen LogP contribution in [0.2, 0.25) is 5.02 Å². The second kappa shape index (κ2) is 5.73. The van der Waals surface area contributed by atoms with Crippen LogP contribution in [0.15, 0.2) is 40.8 Å². The molecule has 0 bridgehead atoms. The van der Waals surface area contributed by atoms with Gasteiger partial charge in [0, 0.05) is 22.2 Å². The van der Waals surface area contributed by atoms with Crippen LogP contribution in [0, 0.1) is 0 Å². The van der Waals surface area contributed by atoms with Crippen molar-refractivity contribution in [3.63, 3.8) is 0 Å². The smallest absolute Gasteiger partial charge is 0.292 e. The van der Waals surface area contributed by atoms with E-state index in [9.17, 15) is 4.79 Å². The number of anilines is 1. The minimum Gasteiger partial charge on any atom is -0.336 e. The maximum absolute atomic E-state index is 12.0. The first kappa shape index (κ1) is 14.3. The lowest BCUT2D eigenvalue weighted by Gasteiger charge is -1.96. The lowest BCUT2D eigenvalue weighted by molar-refractivity contribution is 0.932. The topological polar surface area (TPSA) is 72.2 Å². The van der Waals surface area contributed by atoms with E-state index < -0.39 is 0 Å². The van der Waals surface area contributed by atoms with Crippen LogP contribution in [0.3, 0.4) is 0 Å². The van der Waals surface area contributed by atoms with E-state index in [-0.39, 0.29) is 5.56 Å². The second-order valence-electron chi connectivity index (χ2n) is 4.56. The van der Waals surface area contributed by atoms with Crippen LogP contribution >= 0.6 is 34.3 Å². The van der Waals surface area contributed by atoms with E-state index in [1.165, 1.54) is 33.5 Å². The Hall–Kier alpha value is -2.29. The van der Waals surface area contributed by atoms with Gasteiger partial charge in [0.05, 0.1) is 5.69 Å². The van der Waals surface area contributed by atoms with Gasteiger partial charge in [-0.1, -0.05) is 35.1 Å². The third-order valence-corrected chi connectivity index (χ3v) is 5.09. The van der Waals surface area contributed by atoms with E-state index >= 15 is 0 Å². The third-order valence-electron chi connectivity index (χ3n) is 3.09. The molecule has 23 heavy (non-hydrogen) atoms. The van der Waals surface area contributed by atoms with E-state index in [2.05, 4.69) is 20.4 Å². The largest absolute Gasteiger partial charge is 0.336 e. The highest BCUT2D eigenvalue weighted by atomic mass is 35.5. The van der Waals surface area contributed by atoms with E-state index in [1.54, 1.807) is 6.20 Å². The average Bonchev–Trinajstić information content (AvgIpc) is 3.25. The molecule has 1 N–H and O–H groups in total. The highest BCUT2D eigenvalue weighted by Gasteiger charge is 2.06. The van der Waals surface area contributed by atoms with E-state index in [0.29, 0.717) is 19.6 Å². The fourth-order valence-corrected chi connectivity index (χ4v) is 3.62. The van der Waals surface area contributed by atoms with Gasteiger partial charge < -0.3 is 5.32 Å². The van der Waals surface area contributed by atoms with Crippen molar-refractivity contribution in [2.75, 3.05) is 5.32 Å². The molecular weight excluding hydrogens is 354 g/mol. The third kappa shape index (κ3) is 2.72. The van der Waals surface area contributed by atoms with Crippen LogP contribution in [0.4, 0.5) is 5.13 Å². The molecule has 9 heteroatoms. The molecule has 0 saturated heterocycles. The highest BCUT2D eigenvalue weighted by Crippen LogP contribution is 2.25. The van der Waals surface area contributed by atoms with Crippen molar-refractivity contribution >= 4 is 50.6 Å². The number of fused-ring (bicyclic) bond motifs is 1. The van der Waals surface area contributed by atoms with Gasteiger partial charge in [-0.2, -0.15) is 9.61 Å². The van der Waals surface area contributed by atoms with Gasteiger partial charge in [0.25, 0.3) is 5.56 Å². The normalized spacial score (nSPS) is 12.1. The summed E-state index contributed by atoms with van der Waals surface area (Å²) in [6.07, 6.45) is 3.00. The predicted molar refractivity (Wildman–Crippen MR) is 93.0 cm³/mol. The Labute approximate surface area is 142 Å². The molecule has 6 nitrogen and oxygen atoms in total. The molecule has 3 aromatic heterocycles. The standard InChI is InChI=1S/C14H8ClN5OS2/c15-9-3-1-8(2-4-9)10-6-22-13(19-10)16-5-11-12(21)20-14(23-11)17-7-18-20/h1-7H,(H,16,19)/b11-5-. The summed E-state index contributed by atoms with van der Waals surface area (Å²) >= 11 is 8.62. The van der Waals surface area contributed by atoms with Crippen molar-refractivity contribution < 1.29 is 0 Å². The number of hydrogen-bond donors (Lipinski definition) is 1. The summed E-state index contributed by atoms with van der Waals surface area (Å²) in [4.78, 5) is 21.1. The molecule has 0 atom stereocenters. The van der Waals surface area contributed by atoms with Gasteiger partial charge in [-0.3, -0.25) is 4.79 Å². The van der Waals surface area contributed by atoms with Crippen LogP contribution in [0.5, 0.6) is 0 Å². The summed E-state index contributed by atoms with van der Waals surface area (Å²) < 4.78 is 1.81. The van der Waals surface area contributed by atoms with Crippen LogP contribution in [-0.2, 0) is 0 Å². The maximum atomic E-state index is 12.0. The Balaban J connectivity index is 1.61. The summed E-state index contributed by atoms with van der Waals surface area (Å²) in [6.45, 7) is 0. The average molecular weight is 362 g/mol. The van der Waals surface area contributed by atoms with Crippen molar-refractivity contribution in [1.82, 2.24) is 19.6 Å². The van der Waals surface area contributed by atoms with Gasteiger partial charge in [0.1, 0.15) is 10.9 Å². The Morgan fingerprint density at radius 1 is 1.26 bits per heavy atom. The number of hydrogen-bond acceptors (Lipinski definition) is 7. The number of aromatic nitrogens is 4. The SMILES string of the molecule is O=c1/c(=C/Nc2nc(-c3ccc(Cl)cc3)cs2)sc2ncnn12. The first-order chi connectivity index (χ1) is 11.2. The first-order valence-corrected chi connectivity index (χ1v) is 8.59. The molecule has 0 spiro atoms. The molecule has 0 unspecified atom stereocenters. The Morgan fingerprint density at radius 2 is 2.09 bits per heavy atom. The monoisotopic (exact) mass is 361 g/mol. The van der Waals surface area contributed by atoms with Gasteiger partial charge in [-0.25, -0.2) is 9.97 Å². The highest BCUT2D eigenvalue weighted by molar-refractivity contribution is 7.15. The number of rotatable bonds is 3. The van der Waals surface area contributed by atoms with Crippen LogP contribution < -0.4 is 15.4 Å². The summed E-state index contributed by atoms with van der Waals surface area (Å²) in [5, 5.41) is 10.3. The van der Waals surface area contributed by atoms with Gasteiger partial charge >= 0.3 is 0 Å². The van der Waals surface area contributed by atoms with Crippen LogP contribution in [0.1, 0.15) is 0 Å². The maximum Gasteiger partial charge on any atom is 0.292 e. The number of halogens is 1. The minimum absolute atomic E-state index is 0.190. The molecule has 1 aromatic carbocycles. The molecule has 0 aliphatic carbocycles. The van der Waals surface area contributed by atoms with E-state index in [4.69, 9.17) is 11.6 Å². The molecule has 0 saturated carbocycles. The molecule has 4 rings (SSSR count). The molecule has 0 radical (unpaired) electrons. The number of nitrogens with zero attached hydrogens (tertiary/aromatic N) is 4. The molecule has 3 heterocycles.